The van der Waals surface area contributed by atoms with Crippen molar-refractivity contribution in [3.05, 3.63) is 51.3 Å². The van der Waals surface area contributed by atoms with Gasteiger partial charge in [0.2, 0.25) is 0 Å². The largest absolute Gasteiger partial charge is 0.497 e. The zero-order chi connectivity index (χ0) is 15.4. The molecule has 2 aromatic rings. The average molecular weight is 391 g/mol. The fourth-order valence-corrected chi connectivity index (χ4v) is 2.92. The first-order valence-corrected chi connectivity index (χ1v) is 8.09. The fourth-order valence-electron chi connectivity index (χ4n) is 1.92. The van der Waals surface area contributed by atoms with Crippen molar-refractivity contribution in [3.8, 4) is 11.5 Å². The molecule has 0 atom stereocenters. The molecule has 0 N–H and O–H groups in total. The van der Waals surface area contributed by atoms with Crippen LogP contribution in [0.1, 0.15) is 17.0 Å². The second-order valence-electron chi connectivity index (χ2n) is 4.44. The zero-order valence-corrected chi connectivity index (χ0v) is 14.7. The van der Waals surface area contributed by atoms with Gasteiger partial charge >= 0.3 is 0 Å². The summed E-state index contributed by atoms with van der Waals surface area (Å²) in [4.78, 5) is 4.41. The van der Waals surface area contributed by atoms with Gasteiger partial charge in [0.1, 0.15) is 18.1 Å². The predicted molar refractivity (Wildman–Crippen MR) is 89.0 cm³/mol. The normalized spacial score (nSPS) is 10.5. The molecule has 21 heavy (non-hydrogen) atoms. The van der Waals surface area contributed by atoms with Crippen LogP contribution >= 0.6 is 39.1 Å². The smallest absolute Gasteiger partial charge is 0.142 e. The van der Waals surface area contributed by atoms with Crippen molar-refractivity contribution in [2.45, 2.75) is 18.9 Å². The standard InChI is InChI=1S/C15H14BrCl2NO2/c1-9-3-13(20-2)6-12(19-9)8-21-15-10(7-16)4-11(17)5-14(15)18/h3-6H,7-8H2,1-2H3. The van der Waals surface area contributed by atoms with Crippen LogP contribution in [-0.4, -0.2) is 12.1 Å². The van der Waals surface area contributed by atoms with Gasteiger partial charge in [-0.2, -0.15) is 0 Å². The Bertz CT molecular complexity index is 650. The lowest BCUT2D eigenvalue weighted by Crippen LogP contribution is -2.02. The summed E-state index contributed by atoms with van der Waals surface area (Å²) in [7, 11) is 1.62. The van der Waals surface area contributed by atoms with Crippen LogP contribution in [0.15, 0.2) is 24.3 Å². The lowest BCUT2D eigenvalue weighted by atomic mass is 10.2. The summed E-state index contributed by atoms with van der Waals surface area (Å²) in [6, 6.07) is 7.18. The van der Waals surface area contributed by atoms with Crippen molar-refractivity contribution in [3.63, 3.8) is 0 Å². The maximum atomic E-state index is 6.19. The van der Waals surface area contributed by atoms with Crippen LogP contribution in [0.25, 0.3) is 0 Å². The lowest BCUT2D eigenvalue weighted by Gasteiger charge is -2.13. The number of methoxy groups -OCH3 is 1. The van der Waals surface area contributed by atoms with Crippen LogP contribution < -0.4 is 9.47 Å². The third-order valence-electron chi connectivity index (χ3n) is 2.81. The molecule has 0 saturated heterocycles. The van der Waals surface area contributed by atoms with E-state index in [0.29, 0.717) is 27.7 Å². The maximum absolute atomic E-state index is 6.19. The second kappa shape index (κ2) is 7.34. The van der Waals surface area contributed by atoms with E-state index in [1.807, 2.05) is 25.1 Å². The zero-order valence-electron chi connectivity index (χ0n) is 11.6. The first-order valence-electron chi connectivity index (χ1n) is 6.21. The third-order valence-corrected chi connectivity index (χ3v) is 3.91. The maximum Gasteiger partial charge on any atom is 0.142 e. The van der Waals surface area contributed by atoms with Crippen LogP contribution in [0, 0.1) is 6.92 Å². The second-order valence-corrected chi connectivity index (χ2v) is 5.84. The van der Waals surface area contributed by atoms with Gasteiger partial charge in [0.25, 0.3) is 0 Å². The molecule has 0 aliphatic heterocycles. The Morgan fingerprint density at radius 3 is 2.62 bits per heavy atom. The van der Waals surface area contributed by atoms with E-state index in [2.05, 4.69) is 20.9 Å². The Labute approximate surface area is 142 Å². The summed E-state index contributed by atoms with van der Waals surface area (Å²) in [5.74, 6) is 1.37. The first kappa shape index (κ1) is 16.4. The van der Waals surface area contributed by atoms with Gasteiger partial charge in [0.15, 0.2) is 0 Å². The van der Waals surface area contributed by atoms with Gasteiger partial charge in [-0.1, -0.05) is 39.1 Å². The first-order chi connectivity index (χ1) is 10.0. The Morgan fingerprint density at radius 1 is 1.19 bits per heavy atom. The minimum atomic E-state index is 0.305. The molecule has 0 fully saturated rings. The van der Waals surface area contributed by atoms with Crippen LogP contribution in [0.4, 0.5) is 0 Å². The van der Waals surface area contributed by atoms with Gasteiger partial charge in [-0.05, 0) is 19.1 Å². The number of rotatable bonds is 5. The number of ether oxygens (including phenoxy) is 2. The molecular formula is C15H14BrCl2NO2. The van der Waals surface area contributed by atoms with Gasteiger partial charge in [-0.15, -0.1) is 0 Å². The van der Waals surface area contributed by atoms with Crippen molar-refractivity contribution in [1.82, 2.24) is 4.98 Å². The van der Waals surface area contributed by atoms with Crippen molar-refractivity contribution >= 4 is 39.1 Å². The van der Waals surface area contributed by atoms with E-state index >= 15 is 0 Å². The Morgan fingerprint density at radius 2 is 1.95 bits per heavy atom. The molecule has 2 rings (SSSR count). The molecule has 0 saturated carbocycles. The molecule has 0 bridgehead atoms. The van der Waals surface area contributed by atoms with Gasteiger partial charge in [-0.3, -0.25) is 4.98 Å². The molecule has 0 aliphatic carbocycles. The number of hydrogen-bond acceptors (Lipinski definition) is 3. The van der Waals surface area contributed by atoms with Gasteiger partial charge in [0.05, 0.1) is 17.8 Å². The number of aromatic nitrogens is 1. The van der Waals surface area contributed by atoms with E-state index in [1.54, 1.807) is 13.2 Å². The summed E-state index contributed by atoms with van der Waals surface area (Å²) in [5, 5.41) is 1.67. The van der Waals surface area contributed by atoms with Gasteiger partial charge < -0.3 is 9.47 Å². The highest BCUT2D eigenvalue weighted by Gasteiger charge is 2.11. The molecule has 112 valence electrons. The number of hydrogen-bond donors (Lipinski definition) is 0. The summed E-state index contributed by atoms with van der Waals surface area (Å²) in [6.45, 7) is 2.21. The predicted octanol–water partition coefficient (Wildman–Crippen LogP) is 5.18. The van der Waals surface area contributed by atoms with Gasteiger partial charge in [0, 0.05) is 33.7 Å². The van der Waals surface area contributed by atoms with E-state index in [4.69, 9.17) is 32.7 Å². The van der Waals surface area contributed by atoms with Crippen molar-refractivity contribution < 1.29 is 9.47 Å². The highest BCUT2D eigenvalue weighted by Crippen LogP contribution is 2.34. The van der Waals surface area contributed by atoms with Crippen LogP contribution in [-0.2, 0) is 11.9 Å². The van der Waals surface area contributed by atoms with E-state index in [-0.39, 0.29) is 0 Å². The van der Waals surface area contributed by atoms with Gasteiger partial charge in [-0.25, -0.2) is 0 Å². The molecule has 6 heteroatoms. The molecule has 0 aliphatic rings. The number of halogens is 3. The van der Waals surface area contributed by atoms with E-state index < -0.39 is 0 Å². The number of aryl methyl sites for hydroxylation is 1. The topological polar surface area (TPSA) is 31.4 Å². The molecule has 1 aromatic heterocycles. The quantitative estimate of drug-likeness (QED) is 0.659. The average Bonchev–Trinajstić information content (AvgIpc) is 2.44. The van der Waals surface area contributed by atoms with Crippen molar-refractivity contribution in [2.75, 3.05) is 7.11 Å². The third kappa shape index (κ3) is 4.25. The summed E-state index contributed by atoms with van der Waals surface area (Å²) >= 11 is 15.6. The number of nitrogens with zero attached hydrogens (tertiary/aromatic N) is 1. The Balaban J connectivity index is 2.22. The number of benzene rings is 1. The molecule has 3 nitrogen and oxygen atoms in total. The van der Waals surface area contributed by atoms with Crippen LogP contribution in [0.2, 0.25) is 10.0 Å². The molecule has 0 amide bonds. The highest BCUT2D eigenvalue weighted by molar-refractivity contribution is 9.08. The minimum Gasteiger partial charge on any atom is -0.497 e. The molecule has 1 aromatic carbocycles. The molecule has 0 radical (unpaired) electrons. The Kier molecular flexibility index (Phi) is 5.73. The molecule has 0 spiro atoms. The number of pyridine rings is 1. The van der Waals surface area contributed by atoms with Crippen molar-refractivity contribution in [2.24, 2.45) is 0 Å². The summed E-state index contributed by atoms with van der Waals surface area (Å²) in [6.07, 6.45) is 0. The van der Waals surface area contributed by atoms with Crippen molar-refractivity contribution in [1.29, 1.82) is 0 Å². The monoisotopic (exact) mass is 389 g/mol. The van der Waals surface area contributed by atoms with E-state index in [9.17, 15) is 0 Å². The molecule has 1 heterocycles. The number of alkyl halides is 1. The SMILES string of the molecule is COc1cc(C)nc(COc2c(Cl)cc(Cl)cc2CBr)c1. The molecular weight excluding hydrogens is 377 g/mol. The highest BCUT2D eigenvalue weighted by atomic mass is 79.9. The van der Waals surface area contributed by atoms with Crippen LogP contribution in [0.3, 0.4) is 0 Å². The molecule has 0 unspecified atom stereocenters. The van der Waals surface area contributed by atoms with E-state index in [1.165, 1.54) is 0 Å². The lowest BCUT2D eigenvalue weighted by molar-refractivity contribution is 0.298. The Hall–Kier alpha value is -0.970. The fraction of sp³-hybridized carbons (Fsp3) is 0.267. The minimum absolute atomic E-state index is 0.305. The van der Waals surface area contributed by atoms with Crippen LogP contribution in [0.5, 0.6) is 11.5 Å². The van der Waals surface area contributed by atoms with E-state index in [0.717, 1.165) is 22.7 Å². The summed E-state index contributed by atoms with van der Waals surface area (Å²) < 4.78 is 11.0. The summed E-state index contributed by atoms with van der Waals surface area (Å²) in [5.41, 5.74) is 2.54.